The first-order chi connectivity index (χ1) is 10.7. The molecular formula is C16H20N4O2. The molecular weight excluding hydrogens is 280 g/mol. The molecule has 2 aromatic rings. The summed E-state index contributed by atoms with van der Waals surface area (Å²) in [6, 6.07) is 8.86. The van der Waals surface area contributed by atoms with Gasteiger partial charge in [0.15, 0.2) is 0 Å². The summed E-state index contributed by atoms with van der Waals surface area (Å²) in [6.45, 7) is 0. The molecule has 0 bridgehead atoms. The van der Waals surface area contributed by atoms with Crippen LogP contribution in [0.2, 0.25) is 0 Å². The summed E-state index contributed by atoms with van der Waals surface area (Å²) >= 11 is 0. The maximum atomic E-state index is 12.1. The van der Waals surface area contributed by atoms with Gasteiger partial charge in [-0.25, -0.2) is 4.79 Å². The van der Waals surface area contributed by atoms with Crippen LogP contribution in [0.25, 0.3) is 0 Å². The molecule has 116 valence electrons. The van der Waals surface area contributed by atoms with Crippen molar-refractivity contribution in [1.82, 2.24) is 9.78 Å². The van der Waals surface area contributed by atoms with Crippen LogP contribution in [-0.2, 0) is 7.05 Å². The van der Waals surface area contributed by atoms with Gasteiger partial charge < -0.3 is 10.1 Å². The second kappa shape index (κ2) is 6.09. The van der Waals surface area contributed by atoms with Gasteiger partial charge in [-0.2, -0.15) is 5.10 Å². The number of amides is 2. The molecule has 1 saturated carbocycles. The molecule has 0 atom stereocenters. The van der Waals surface area contributed by atoms with Crippen LogP contribution in [0.1, 0.15) is 30.9 Å². The van der Waals surface area contributed by atoms with Crippen molar-refractivity contribution in [3.63, 3.8) is 0 Å². The number of ether oxygens (including phenoxy) is 1. The van der Waals surface area contributed by atoms with E-state index >= 15 is 0 Å². The fraction of sp³-hybridized carbons (Fsp3) is 0.375. The highest BCUT2D eigenvalue weighted by atomic mass is 16.5. The number of nitrogens with one attached hydrogen (secondary N) is 2. The summed E-state index contributed by atoms with van der Waals surface area (Å²) in [7, 11) is 3.45. The molecule has 1 heterocycles. The normalized spacial score (nSPS) is 14.3. The lowest BCUT2D eigenvalue weighted by Crippen LogP contribution is -2.20. The molecule has 1 aliphatic rings. The zero-order valence-electron chi connectivity index (χ0n) is 12.8. The molecule has 0 saturated heterocycles. The molecule has 22 heavy (non-hydrogen) atoms. The smallest absolute Gasteiger partial charge is 0.324 e. The molecule has 1 aliphatic carbocycles. The van der Waals surface area contributed by atoms with Crippen LogP contribution in [-0.4, -0.2) is 22.9 Å². The van der Waals surface area contributed by atoms with E-state index in [0.29, 0.717) is 17.4 Å². The summed E-state index contributed by atoms with van der Waals surface area (Å²) in [5.41, 5.74) is 1.77. The number of aryl methyl sites for hydroxylation is 1. The van der Waals surface area contributed by atoms with E-state index in [1.807, 2.05) is 13.1 Å². The first-order valence-corrected chi connectivity index (χ1v) is 7.41. The minimum absolute atomic E-state index is 0.284. The quantitative estimate of drug-likeness (QED) is 0.910. The van der Waals surface area contributed by atoms with Gasteiger partial charge in [-0.05, 0) is 37.1 Å². The second-order valence-corrected chi connectivity index (χ2v) is 5.51. The second-order valence-electron chi connectivity index (χ2n) is 5.51. The number of carbonyl (C=O) groups excluding carboxylic acids is 1. The largest absolute Gasteiger partial charge is 0.497 e. The highest BCUT2D eigenvalue weighted by Gasteiger charge is 2.23. The Balaban J connectivity index is 1.62. The number of methoxy groups -OCH3 is 1. The summed E-state index contributed by atoms with van der Waals surface area (Å²) in [4.78, 5) is 12.1. The summed E-state index contributed by atoms with van der Waals surface area (Å²) < 4.78 is 6.80. The molecule has 0 spiro atoms. The Morgan fingerprint density at radius 3 is 2.59 bits per heavy atom. The van der Waals surface area contributed by atoms with Crippen molar-refractivity contribution in [2.75, 3.05) is 17.7 Å². The van der Waals surface area contributed by atoms with Gasteiger partial charge in [-0.15, -0.1) is 0 Å². The number of rotatable bonds is 4. The van der Waals surface area contributed by atoms with Crippen LogP contribution in [0.15, 0.2) is 30.3 Å². The van der Waals surface area contributed by atoms with Crippen LogP contribution in [0, 0.1) is 0 Å². The Labute approximate surface area is 129 Å². The molecule has 6 heteroatoms. The lowest BCUT2D eigenvalue weighted by Gasteiger charge is -2.22. The van der Waals surface area contributed by atoms with Crippen molar-refractivity contribution in [3.05, 3.63) is 36.0 Å². The standard InChI is InChI=1S/C16H20N4O2/c1-20-15(10-14(19-20)11-4-3-5-11)18-16(21)17-12-6-8-13(22-2)9-7-12/h6-11H,3-5H2,1-2H3,(H2,17,18,21). The molecule has 1 fully saturated rings. The monoisotopic (exact) mass is 300 g/mol. The van der Waals surface area contributed by atoms with Gasteiger partial charge in [0.05, 0.1) is 12.8 Å². The fourth-order valence-electron chi connectivity index (χ4n) is 2.46. The van der Waals surface area contributed by atoms with E-state index in [4.69, 9.17) is 4.74 Å². The van der Waals surface area contributed by atoms with Gasteiger partial charge in [0.25, 0.3) is 0 Å². The van der Waals surface area contributed by atoms with E-state index in [0.717, 1.165) is 11.4 Å². The van der Waals surface area contributed by atoms with Crippen LogP contribution in [0.5, 0.6) is 5.75 Å². The fourth-order valence-corrected chi connectivity index (χ4v) is 2.46. The lowest BCUT2D eigenvalue weighted by molar-refractivity contribution is 0.262. The molecule has 0 radical (unpaired) electrons. The SMILES string of the molecule is COc1ccc(NC(=O)Nc2cc(C3CCC3)nn2C)cc1. The van der Waals surface area contributed by atoms with Crippen molar-refractivity contribution in [1.29, 1.82) is 0 Å². The lowest BCUT2D eigenvalue weighted by atomic mass is 9.83. The van der Waals surface area contributed by atoms with Crippen LogP contribution in [0.4, 0.5) is 16.3 Å². The first-order valence-electron chi connectivity index (χ1n) is 7.41. The molecule has 0 aliphatic heterocycles. The predicted octanol–water partition coefficient (Wildman–Crippen LogP) is 3.34. The van der Waals surface area contributed by atoms with E-state index in [9.17, 15) is 4.79 Å². The van der Waals surface area contributed by atoms with Gasteiger partial charge in [-0.3, -0.25) is 10.00 Å². The van der Waals surface area contributed by atoms with Crippen LogP contribution < -0.4 is 15.4 Å². The van der Waals surface area contributed by atoms with E-state index in [1.165, 1.54) is 19.3 Å². The molecule has 1 aromatic heterocycles. The minimum atomic E-state index is -0.284. The summed E-state index contributed by atoms with van der Waals surface area (Å²) in [6.07, 6.45) is 3.64. The van der Waals surface area contributed by atoms with Gasteiger partial charge in [-0.1, -0.05) is 6.42 Å². The number of nitrogens with zero attached hydrogens (tertiary/aromatic N) is 2. The van der Waals surface area contributed by atoms with Gasteiger partial charge in [0.2, 0.25) is 0 Å². The number of carbonyl (C=O) groups is 1. The highest BCUT2D eigenvalue weighted by Crippen LogP contribution is 2.36. The van der Waals surface area contributed by atoms with Crippen LogP contribution >= 0.6 is 0 Å². The van der Waals surface area contributed by atoms with E-state index in [1.54, 1.807) is 36.1 Å². The Morgan fingerprint density at radius 2 is 2.00 bits per heavy atom. The molecule has 1 aromatic carbocycles. The molecule has 3 rings (SSSR count). The van der Waals surface area contributed by atoms with Crippen molar-refractivity contribution in [2.45, 2.75) is 25.2 Å². The van der Waals surface area contributed by atoms with Crippen molar-refractivity contribution in [3.8, 4) is 5.75 Å². The van der Waals surface area contributed by atoms with E-state index in [2.05, 4.69) is 15.7 Å². The number of urea groups is 1. The average molecular weight is 300 g/mol. The van der Waals surface area contributed by atoms with Gasteiger partial charge in [0.1, 0.15) is 11.6 Å². The zero-order chi connectivity index (χ0) is 15.5. The Kier molecular flexibility index (Phi) is 4.00. The molecule has 2 amide bonds. The third kappa shape index (κ3) is 3.05. The maximum absolute atomic E-state index is 12.1. The van der Waals surface area contributed by atoms with Crippen molar-refractivity contribution >= 4 is 17.5 Å². The number of hydrogen-bond donors (Lipinski definition) is 2. The number of anilines is 2. The predicted molar refractivity (Wildman–Crippen MR) is 85.4 cm³/mol. The number of aromatic nitrogens is 2. The molecule has 6 nitrogen and oxygen atoms in total. The Hall–Kier alpha value is -2.50. The third-order valence-electron chi connectivity index (χ3n) is 4.01. The zero-order valence-corrected chi connectivity index (χ0v) is 12.8. The van der Waals surface area contributed by atoms with Gasteiger partial charge >= 0.3 is 6.03 Å². The number of benzene rings is 1. The Bertz CT molecular complexity index is 659. The maximum Gasteiger partial charge on any atom is 0.324 e. The van der Waals surface area contributed by atoms with E-state index < -0.39 is 0 Å². The van der Waals surface area contributed by atoms with Crippen molar-refractivity contribution in [2.24, 2.45) is 7.05 Å². The minimum Gasteiger partial charge on any atom is -0.497 e. The molecule has 0 unspecified atom stereocenters. The number of hydrogen-bond acceptors (Lipinski definition) is 3. The highest BCUT2D eigenvalue weighted by molar-refractivity contribution is 5.99. The summed E-state index contributed by atoms with van der Waals surface area (Å²) in [5, 5.41) is 10.1. The van der Waals surface area contributed by atoms with Gasteiger partial charge in [0, 0.05) is 24.7 Å². The van der Waals surface area contributed by atoms with E-state index in [-0.39, 0.29) is 6.03 Å². The average Bonchev–Trinajstić information content (AvgIpc) is 2.78. The van der Waals surface area contributed by atoms with Crippen LogP contribution in [0.3, 0.4) is 0 Å². The summed E-state index contributed by atoms with van der Waals surface area (Å²) in [5.74, 6) is 2.00. The third-order valence-corrected chi connectivity index (χ3v) is 4.01. The van der Waals surface area contributed by atoms with Crippen molar-refractivity contribution < 1.29 is 9.53 Å². The molecule has 2 N–H and O–H groups in total. The first kappa shape index (κ1) is 14.4. The topological polar surface area (TPSA) is 68.2 Å². The Morgan fingerprint density at radius 1 is 1.27 bits per heavy atom.